The molecule has 0 aliphatic carbocycles. The molecule has 38 heavy (non-hydrogen) atoms. The largest absolute Gasteiger partial charge is 0.507 e. The van der Waals surface area contributed by atoms with Gasteiger partial charge in [-0.1, -0.05) is 49.7 Å². The summed E-state index contributed by atoms with van der Waals surface area (Å²) in [4.78, 5) is 36.7. The van der Waals surface area contributed by atoms with Crippen LogP contribution in [-0.2, 0) is 19.5 Å². The molecule has 2 aromatic heterocycles. The molecule has 5 aromatic rings. The Morgan fingerprint density at radius 3 is 2.34 bits per heavy atom. The number of hydrogen-bond acceptors (Lipinski definition) is 5. The molecule has 0 atom stereocenters. The Hall–Kier alpha value is -4.52. The Morgan fingerprint density at radius 1 is 0.895 bits per heavy atom. The number of aryl methyl sites for hydroxylation is 2. The van der Waals surface area contributed by atoms with Crippen molar-refractivity contribution in [1.29, 1.82) is 0 Å². The van der Waals surface area contributed by atoms with E-state index in [1.807, 2.05) is 43.5 Å². The van der Waals surface area contributed by atoms with E-state index in [0.29, 0.717) is 28.8 Å². The van der Waals surface area contributed by atoms with Crippen molar-refractivity contribution in [3.63, 3.8) is 0 Å². The number of nitrogens with zero attached hydrogens (tertiary/aromatic N) is 4. The first-order chi connectivity index (χ1) is 18.5. The summed E-state index contributed by atoms with van der Waals surface area (Å²) in [5.74, 6) is 0.415. The molecule has 190 valence electrons. The number of fused-ring (bicyclic) bond motifs is 4. The molecule has 7 heteroatoms. The van der Waals surface area contributed by atoms with Crippen LogP contribution in [0, 0.1) is 6.92 Å². The summed E-state index contributed by atoms with van der Waals surface area (Å²) in [5, 5.41) is 11.9. The van der Waals surface area contributed by atoms with Gasteiger partial charge in [0.2, 0.25) is 0 Å². The predicted octanol–water partition coefficient (Wildman–Crippen LogP) is 5.79. The number of aromatic hydroxyl groups is 1. The Balaban J connectivity index is 1.41. The average molecular weight is 505 g/mol. The van der Waals surface area contributed by atoms with Gasteiger partial charge in [0, 0.05) is 23.9 Å². The van der Waals surface area contributed by atoms with E-state index in [4.69, 9.17) is 4.98 Å². The van der Waals surface area contributed by atoms with Crippen molar-refractivity contribution >= 4 is 33.8 Å². The van der Waals surface area contributed by atoms with Gasteiger partial charge in [-0.25, -0.2) is 4.98 Å². The van der Waals surface area contributed by atoms with Crippen molar-refractivity contribution in [3.8, 4) is 5.75 Å². The van der Waals surface area contributed by atoms with E-state index in [-0.39, 0.29) is 24.1 Å². The molecule has 7 nitrogen and oxygen atoms in total. The van der Waals surface area contributed by atoms with E-state index in [1.54, 1.807) is 24.3 Å². The molecular weight excluding hydrogens is 476 g/mol. The number of hydrogen-bond donors (Lipinski definition) is 1. The molecule has 1 N–H and O–H groups in total. The number of benzene rings is 3. The molecule has 0 bridgehead atoms. The monoisotopic (exact) mass is 504 g/mol. The summed E-state index contributed by atoms with van der Waals surface area (Å²) < 4.78 is 2.24. The second kappa shape index (κ2) is 9.41. The number of imidazole rings is 1. The van der Waals surface area contributed by atoms with Crippen molar-refractivity contribution in [2.24, 2.45) is 0 Å². The topological polar surface area (TPSA) is 88.3 Å². The van der Waals surface area contributed by atoms with E-state index < -0.39 is 0 Å². The van der Waals surface area contributed by atoms with Crippen LogP contribution in [0.4, 0.5) is 0 Å². The number of phenols is 1. The van der Waals surface area contributed by atoms with Crippen LogP contribution in [0.15, 0.2) is 66.9 Å². The standard InChI is InChI=1S/C31H28N4O3/c1-3-4-13-27-33-26-16-32-25-12-8-7-11-24(25)28(26)34(27)17-20-14-19(2)29(36)21(15-20)18-35-30(37)22-9-5-6-10-23(22)31(35)38/h5-12,14-16,36H,3-4,13,17-18H2,1-2H3. The third-order valence-electron chi connectivity index (χ3n) is 7.30. The van der Waals surface area contributed by atoms with Gasteiger partial charge >= 0.3 is 0 Å². The summed E-state index contributed by atoms with van der Waals surface area (Å²) in [7, 11) is 0. The lowest BCUT2D eigenvalue weighted by Gasteiger charge is -2.18. The SMILES string of the molecule is CCCCc1nc2cnc3ccccc3c2n1Cc1cc(C)c(O)c(CN2C(=O)c3ccccc3C2=O)c1. The van der Waals surface area contributed by atoms with Gasteiger partial charge in [0.05, 0.1) is 34.9 Å². The van der Waals surface area contributed by atoms with E-state index in [0.717, 1.165) is 52.6 Å². The molecule has 0 saturated heterocycles. The molecule has 2 amide bonds. The van der Waals surface area contributed by atoms with Crippen molar-refractivity contribution in [1.82, 2.24) is 19.4 Å². The van der Waals surface area contributed by atoms with E-state index in [1.165, 1.54) is 4.90 Å². The van der Waals surface area contributed by atoms with Crippen LogP contribution >= 0.6 is 0 Å². The zero-order valence-corrected chi connectivity index (χ0v) is 21.4. The van der Waals surface area contributed by atoms with Gasteiger partial charge in [0.15, 0.2) is 0 Å². The maximum absolute atomic E-state index is 13.0. The highest BCUT2D eigenvalue weighted by atomic mass is 16.3. The van der Waals surface area contributed by atoms with Crippen molar-refractivity contribution in [2.45, 2.75) is 46.2 Å². The number of rotatable bonds is 7. The molecule has 1 aliphatic rings. The Labute approximate surface area is 220 Å². The van der Waals surface area contributed by atoms with Gasteiger partial charge in [-0.15, -0.1) is 0 Å². The molecule has 0 fully saturated rings. The van der Waals surface area contributed by atoms with Gasteiger partial charge in [-0.3, -0.25) is 19.5 Å². The molecule has 0 spiro atoms. The van der Waals surface area contributed by atoms with Crippen LogP contribution in [-0.4, -0.2) is 36.4 Å². The predicted molar refractivity (Wildman–Crippen MR) is 146 cm³/mol. The van der Waals surface area contributed by atoms with Crippen LogP contribution in [0.25, 0.3) is 21.9 Å². The Morgan fingerprint density at radius 2 is 1.61 bits per heavy atom. The number of carbonyl (C=O) groups is 2. The summed E-state index contributed by atoms with van der Waals surface area (Å²) in [6.45, 7) is 4.56. The van der Waals surface area contributed by atoms with Crippen molar-refractivity contribution in [2.75, 3.05) is 0 Å². The second-order valence-electron chi connectivity index (χ2n) is 9.89. The highest BCUT2D eigenvalue weighted by Gasteiger charge is 2.35. The number of pyridine rings is 1. The average Bonchev–Trinajstić information content (AvgIpc) is 3.40. The molecule has 3 aromatic carbocycles. The zero-order valence-electron chi connectivity index (χ0n) is 21.4. The smallest absolute Gasteiger partial charge is 0.261 e. The van der Waals surface area contributed by atoms with E-state index in [2.05, 4.69) is 22.5 Å². The van der Waals surface area contributed by atoms with Gasteiger partial charge < -0.3 is 9.67 Å². The van der Waals surface area contributed by atoms with E-state index in [9.17, 15) is 14.7 Å². The van der Waals surface area contributed by atoms with Gasteiger partial charge in [0.1, 0.15) is 17.1 Å². The van der Waals surface area contributed by atoms with E-state index >= 15 is 0 Å². The normalized spacial score (nSPS) is 13.2. The van der Waals surface area contributed by atoms with Gasteiger partial charge in [-0.2, -0.15) is 0 Å². The molecular formula is C31H28N4O3. The highest BCUT2D eigenvalue weighted by Crippen LogP contribution is 2.31. The molecule has 3 heterocycles. The molecule has 0 saturated carbocycles. The summed E-state index contributed by atoms with van der Waals surface area (Å²) in [6.07, 6.45) is 4.76. The third-order valence-corrected chi connectivity index (χ3v) is 7.30. The lowest BCUT2D eigenvalue weighted by molar-refractivity contribution is 0.0641. The highest BCUT2D eigenvalue weighted by molar-refractivity contribution is 6.21. The molecule has 1 aliphatic heterocycles. The summed E-state index contributed by atoms with van der Waals surface area (Å²) >= 11 is 0. The Kier molecular flexibility index (Phi) is 5.91. The molecule has 0 radical (unpaired) electrons. The van der Waals surface area contributed by atoms with Crippen LogP contribution in [0.1, 0.15) is 63.0 Å². The Bertz CT molecular complexity index is 1700. The maximum Gasteiger partial charge on any atom is 0.261 e. The molecule has 0 unspecified atom stereocenters. The number of unbranched alkanes of at least 4 members (excludes halogenated alkanes) is 1. The number of carbonyl (C=O) groups excluding carboxylic acids is 2. The number of para-hydroxylation sites is 1. The quantitative estimate of drug-likeness (QED) is 0.284. The first-order valence-corrected chi connectivity index (χ1v) is 13.0. The zero-order chi connectivity index (χ0) is 26.4. The van der Waals surface area contributed by atoms with Crippen LogP contribution in [0.2, 0.25) is 0 Å². The number of aromatic nitrogens is 3. The van der Waals surface area contributed by atoms with Crippen molar-refractivity contribution < 1.29 is 14.7 Å². The maximum atomic E-state index is 13.0. The second-order valence-corrected chi connectivity index (χ2v) is 9.89. The minimum atomic E-state index is -0.338. The number of phenolic OH excluding ortho intramolecular Hbond substituents is 1. The van der Waals surface area contributed by atoms with Crippen LogP contribution < -0.4 is 0 Å². The fourth-order valence-corrected chi connectivity index (χ4v) is 5.39. The summed E-state index contributed by atoms with van der Waals surface area (Å²) in [5.41, 5.74) is 5.81. The fourth-order valence-electron chi connectivity index (χ4n) is 5.39. The lowest BCUT2D eigenvalue weighted by atomic mass is 10.0. The first-order valence-electron chi connectivity index (χ1n) is 13.0. The first kappa shape index (κ1) is 23.9. The minimum Gasteiger partial charge on any atom is -0.507 e. The third kappa shape index (κ3) is 3.91. The van der Waals surface area contributed by atoms with Crippen molar-refractivity contribution in [3.05, 3.63) is 101 Å². The van der Waals surface area contributed by atoms with Crippen LogP contribution in [0.3, 0.4) is 0 Å². The number of amides is 2. The fraction of sp³-hybridized carbons (Fsp3) is 0.226. The molecule has 6 rings (SSSR count). The van der Waals surface area contributed by atoms with Crippen LogP contribution in [0.5, 0.6) is 5.75 Å². The minimum absolute atomic E-state index is 0.00702. The lowest BCUT2D eigenvalue weighted by Crippen LogP contribution is -2.29. The summed E-state index contributed by atoms with van der Waals surface area (Å²) in [6, 6.07) is 18.7. The van der Waals surface area contributed by atoms with Gasteiger partial charge in [0.25, 0.3) is 11.8 Å². The van der Waals surface area contributed by atoms with Gasteiger partial charge in [-0.05, 0) is 48.7 Å². The number of imide groups is 1.